The number of hydrogen-bond donors (Lipinski definition) is 2. The van der Waals surface area contributed by atoms with Crippen LogP contribution in [0, 0.1) is 0 Å². The Bertz CT molecular complexity index is 996. The lowest BCUT2D eigenvalue weighted by Gasteiger charge is -2.07. The number of carbonyl (C=O) groups excluding carboxylic acids is 1. The smallest absolute Gasteiger partial charge is 0.291 e. The lowest BCUT2D eigenvalue weighted by molar-refractivity contribution is 0.0992. The highest BCUT2D eigenvalue weighted by Gasteiger charge is 2.15. The van der Waals surface area contributed by atoms with E-state index in [1.165, 1.54) is 35.7 Å². The van der Waals surface area contributed by atoms with Crippen LogP contribution >= 0.6 is 11.6 Å². The van der Waals surface area contributed by atoms with Gasteiger partial charge in [-0.15, -0.1) is 0 Å². The van der Waals surface area contributed by atoms with Crippen molar-refractivity contribution in [2.75, 3.05) is 5.32 Å². The number of aromatic hydroxyl groups is 1. The second-order valence-corrected chi connectivity index (χ2v) is 6.89. The van der Waals surface area contributed by atoms with E-state index < -0.39 is 5.91 Å². The summed E-state index contributed by atoms with van der Waals surface area (Å²) in [6, 6.07) is 13.8. The number of hydrogen-bond acceptors (Lipinski definition) is 4. The van der Waals surface area contributed by atoms with Crippen molar-refractivity contribution in [2.45, 2.75) is 25.9 Å². The van der Waals surface area contributed by atoms with Crippen molar-refractivity contribution in [1.82, 2.24) is 0 Å². The Balaban J connectivity index is 1.39. The first-order valence-electron chi connectivity index (χ1n) is 8.72. The summed E-state index contributed by atoms with van der Waals surface area (Å²) in [6.07, 6.45) is 3.42. The van der Waals surface area contributed by atoms with E-state index in [2.05, 4.69) is 17.4 Å². The average Bonchev–Trinajstić information content (AvgIpc) is 3.31. The van der Waals surface area contributed by atoms with E-state index in [1.807, 2.05) is 6.07 Å². The SMILES string of the molecule is O=C(Nc1cc(Cl)ccc1O)c1ccc(COc2ccc3c(c2)CCC3)o1. The van der Waals surface area contributed by atoms with Gasteiger partial charge in [-0.05, 0) is 72.9 Å². The summed E-state index contributed by atoms with van der Waals surface area (Å²) in [4.78, 5) is 12.3. The number of ether oxygens (including phenoxy) is 1. The molecule has 27 heavy (non-hydrogen) atoms. The van der Waals surface area contributed by atoms with Gasteiger partial charge in [0, 0.05) is 5.02 Å². The van der Waals surface area contributed by atoms with Gasteiger partial charge in [-0.3, -0.25) is 4.79 Å². The minimum Gasteiger partial charge on any atom is -0.506 e. The Kier molecular flexibility index (Phi) is 4.77. The zero-order valence-electron chi connectivity index (χ0n) is 14.5. The van der Waals surface area contributed by atoms with E-state index in [-0.39, 0.29) is 23.8 Å². The highest BCUT2D eigenvalue weighted by molar-refractivity contribution is 6.31. The standard InChI is InChI=1S/C21H18ClNO4/c22-15-5-8-19(24)18(11-15)23-21(25)20-9-7-17(27-20)12-26-16-6-4-13-2-1-3-14(13)10-16/h4-11,24H,1-3,12H2,(H,23,25). The molecule has 138 valence electrons. The Morgan fingerprint density at radius 3 is 2.85 bits per heavy atom. The lowest BCUT2D eigenvalue weighted by atomic mass is 10.1. The summed E-state index contributed by atoms with van der Waals surface area (Å²) < 4.78 is 11.3. The first-order valence-corrected chi connectivity index (χ1v) is 9.09. The van der Waals surface area contributed by atoms with Gasteiger partial charge >= 0.3 is 0 Å². The Morgan fingerprint density at radius 2 is 1.96 bits per heavy atom. The fourth-order valence-electron chi connectivity index (χ4n) is 3.16. The number of rotatable bonds is 5. The van der Waals surface area contributed by atoms with Crippen LogP contribution in [0.5, 0.6) is 11.5 Å². The normalized spacial score (nSPS) is 12.6. The molecule has 6 heteroatoms. The molecular formula is C21H18ClNO4. The van der Waals surface area contributed by atoms with Crippen LogP contribution in [-0.2, 0) is 19.4 Å². The summed E-state index contributed by atoms with van der Waals surface area (Å²) in [5, 5.41) is 12.8. The van der Waals surface area contributed by atoms with Gasteiger partial charge in [0.15, 0.2) is 5.76 Å². The number of halogens is 1. The van der Waals surface area contributed by atoms with Crippen molar-refractivity contribution >= 4 is 23.2 Å². The molecule has 0 fully saturated rings. The van der Waals surface area contributed by atoms with Gasteiger partial charge < -0.3 is 19.6 Å². The molecule has 0 bridgehead atoms. The molecule has 0 unspecified atom stereocenters. The van der Waals surface area contributed by atoms with Gasteiger partial charge in [-0.2, -0.15) is 0 Å². The molecule has 4 rings (SSSR count). The number of aryl methyl sites for hydroxylation is 2. The van der Waals surface area contributed by atoms with Gasteiger partial charge in [0.2, 0.25) is 0 Å². The molecule has 2 aromatic carbocycles. The molecule has 1 aliphatic rings. The third kappa shape index (κ3) is 3.93. The molecule has 5 nitrogen and oxygen atoms in total. The number of benzene rings is 2. The van der Waals surface area contributed by atoms with E-state index in [9.17, 15) is 9.90 Å². The third-order valence-corrected chi connectivity index (χ3v) is 4.78. The van der Waals surface area contributed by atoms with E-state index in [4.69, 9.17) is 20.8 Å². The minimum absolute atomic E-state index is 0.0699. The Morgan fingerprint density at radius 1 is 1.11 bits per heavy atom. The van der Waals surface area contributed by atoms with Crippen molar-refractivity contribution in [3.05, 3.63) is 76.2 Å². The fraction of sp³-hybridized carbons (Fsp3) is 0.190. The lowest BCUT2D eigenvalue weighted by Crippen LogP contribution is -2.11. The maximum absolute atomic E-state index is 12.3. The van der Waals surface area contributed by atoms with Gasteiger partial charge in [-0.1, -0.05) is 17.7 Å². The molecule has 3 aromatic rings. The number of furan rings is 1. The highest BCUT2D eigenvalue weighted by atomic mass is 35.5. The van der Waals surface area contributed by atoms with E-state index in [0.717, 1.165) is 18.6 Å². The number of anilines is 1. The van der Waals surface area contributed by atoms with Crippen LogP contribution in [0.3, 0.4) is 0 Å². The van der Waals surface area contributed by atoms with E-state index in [0.29, 0.717) is 10.8 Å². The summed E-state index contributed by atoms with van der Waals surface area (Å²) in [7, 11) is 0. The van der Waals surface area contributed by atoms with Crippen LogP contribution in [0.15, 0.2) is 52.9 Å². The number of nitrogens with one attached hydrogen (secondary N) is 1. The third-order valence-electron chi connectivity index (χ3n) is 4.54. The van der Waals surface area contributed by atoms with Crippen molar-refractivity contribution < 1.29 is 19.1 Å². The summed E-state index contributed by atoms with van der Waals surface area (Å²) in [6.45, 7) is 0.231. The fourth-order valence-corrected chi connectivity index (χ4v) is 3.33. The predicted octanol–water partition coefficient (Wildman–Crippen LogP) is 4.96. The summed E-state index contributed by atoms with van der Waals surface area (Å²) in [5.74, 6) is 0.913. The first kappa shape index (κ1) is 17.5. The molecule has 1 aliphatic carbocycles. The number of amides is 1. The zero-order chi connectivity index (χ0) is 18.8. The topological polar surface area (TPSA) is 71.7 Å². The maximum Gasteiger partial charge on any atom is 0.291 e. The van der Waals surface area contributed by atoms with Crippen molar-refractivity contribution in [2.24, 2.45) is 0 Å². The van der Waals surface area contributed by atoms with Crippen LogP contribution in [0.4, 0.5) is 5.69 Å². The molecule has 1 heterocycles. The Hall–Kier alpha value is -2.92. The maximum atomic E-state index is 12.3. The van der Waals surface area contributed by atoms with E-state index >= 15 is 0 Å². The average molecular weight is 384 g/mol. The zero-order valence-corrected chi connectivity index (χ0v) is 15.3. The molecule has 0 atom stereocenters. The molecule has 2 N–H and O–H groups in total. The predicted molar refractivity (Wildman–Crippen MR) is 103 cm³/mol. The van der Waals surface area contributed by atoms with Crippen molar-refractivity contribution in [3.8, 4) is 11.5 Å². The molecular weight excluding hydrogens is 366 g/mol. The first-order chi connectivity index (χ1) is 13.1. The minimum atomic E-state index is -0.476. The van der Waals surface area contributed by atoms with Gasteiger partial charge in [-0.25, -0.2) is 0 Å². The molecule has 0 radical (unpaired) electrons. The van der Waals surface area contributed by atoms with Crippen molar-refractivity contribution in [3.63, 3.8) is 0 Å². The van der Waals surface area contributed by atoms with Crippen LogP contribution < -0.4 is 10.1 Å². The summed E-state index contributed by atoms with van der Waals surface area (Å²) in [5.41, 5.74) is 2.96. The quantitative estimate of drug-likeness (QED) is 0.611. The largest absolute Gasteiger partial charge is 0.506 e. The number of phenolic OH excluding ortho intramolecular Hbond substituents is 1. The molecule has 0 aliphatic heterocycles. The summed E-state index contributed by atoms with van der Waals surface area (Å²) >= 11 is 5.88. The molecule has 1 aromatic heterocycles. The second kappa shape index (κ2) is 7.37. The van der Waals surface area contributed by atoms with Gasteiger partial charge in [0.25, 0.3) is 5.91 Å². The molecule has 0 saturated carbocycles. The second-order valence-electron chi connectivity index (χ2n) is 6.45. The van der Waals surface area contributed by atoms with Crippen molar-refractivity contribution in [1.29, 1.82) is 0 Å². The monoisotopic (exact) mass is 383 g/mol. The number of carbonyl (C=O) groups is 1. The molecule has 0 saturated heterocycles. The highest BCUT2D eigenvalue weighted by Crippen LogP contribution is 2.28. The molecule has 0 spiro atoms. The van der Waals surface area contributed by atoms with Crippen LogP contribution in [0.25, 0.3) is 0 Å². The number of fused-ring (bicyclic) bond motifs is 1. The number of phenols is 1. The van der Waals surface area contributed by atoms with E-state index in [1.54, 1.807) is 12.1 Å². The van der Waals surface area contributed by atoms with Crippen LogP contribution in [0.2, 0.25) is 5.02 Å². The Labute approximate surface area is 161 Å². The van der Waals surface area contributed by atoms with Gasteiger partial charge in [0.05, 0.1) is 5.69 Å². The van der Waals surface area contributed by atoms with Gasteiger partial charge in [0.1, 0.15) is 23.9 Å². The van der Waals surface area contributed by atoms with Crippen LogP contribution in [-0.4, -0.2) is 11.0 Å². The van der Waals surface area contributed by atoms with Crippen LogP contribution in [0.1, 0.15) is 33.9 Å². The molecule has 1 amide bonds.